The Balaban J connectivity index is 2.52. The van der Waals surface area contributed by atoms with Gasteiger partial charge in [0.2, 0.25) is 0 Å². The minimum absolute atomic E-state index is 1.14. The molecule has 66 valence electrons. The maximum atomic E-state index is 3.53. The third-order valence-electron chi connectivity index (χ3n) is 2.02. The number of hydrogen-bond acceptors (Lipinski definition) is 0. The molecule has 2 heteroatoms. The van der Waals surface area contributed by atoms with Gasteiger partial charge in [0, 0.05) is 29.5 Å². The molecule has 0 unspecified atom stereocenters. The molecule has 13 heavy (non-hydrogen) atoms. The van der Waals surface area contributed by atoms with Gasteiger partial charge in [0.1, 0.15) is 0 Å². The maximum absolute atomic E-state index is 3.53. The third-order valence-corrected chi connectivity index (χ3v) is 2.71. The lowest BCUT2D eigenvalue weighted by atomic mass is 10.1. The van der Waals surface area contributed by atoms with Gasteiger partial charge in [-0.25, -0.2) is 0 Å². The Labute approximate surface area is 86.1 Å². The van der Waals surface area contributed by atoms with Gasteiger partial charge in [0.15, 0.2) is 0 Å². The van der Waals surface area contributed by atoms with Crippen molar-refractivity contribution in [3.63, 3.8) is 0 Å². The summed E-state index contributed by atoms with van der Waals surface area (Å²) in [4.78, 5) is 0. The summed E-state index contributed by atoms with van der Waals surface area (Å²) in [7, 11) is 2.03. The van der Waals surface area contributed by atoms with Crippen LogP contribution in [0.1, 0.15) is 0 Å². The lowest BCUT2D eigenvalue weighted by Crippen LogP contribution is -1.79. The molecule has 0 fully saturated rings. The largest absolute Gasteiger partial charge is 0.357 e. The molecule has 1 aromatic heterocycles. The Hall–Kier alpha value is -1.02. The van der Waals surface area contributed by atoms with Crippen molar-refractivity contribution in [2.24, 2.45) is 7.05 Å². The van der Waals surface area contributed by atoms with Gasteiger partial charge < -0.3 is 4.57 Å². The fourth-order valence-corrected chi connectivity index (χ4v) is 1.87. The number of halogens is 1. The number of aryl methyl sites for hydroxylation is 1. The second-order valence-electron chi connectivity index (χ2n) is 3.05. The highest BCUT2D eigenvalue weighted by atomic mass is 79.9. The quantitative estimate of drug-likeness (QED) is 0.714. The number of nitrogens with zero attached hydrogens (tertiary/aromatic N) is 1. The van der Waals surface area contributed by atoms with E-state index in [0.29, 0.717) is 0 Å². The van der Waals surface area contributed by atoms with Crippen molar-refractivity contribution in [1.29, 1.82) is 0 Å². The Bertz CT molecular complexity index is 418. The molecule has 2 aromatic rings. The average Bonchev–Trinajstić information content (AvgIpc) is 2.53. The SMILES string of the molecule is Cn1ccc(-c2ccccc2Br)c1. The molecule has 0 radical (unpaired) electrons. The molecule has 0 bridgehead atoms. The van der Waals surface area contributed by atoms with Crippen molar-refractivity contribution >= 4 is 15.9 Å². The number of aromatic nitrogens is 1. The highest BCUT2D eigenvalue weighted by Crippen LogP contribution is 2.27. The fraction of sp³-hybridized carbons (Fsp3) is 0.0909. The highest BCUT2D eigenvalue weighted by Gasteiger charge is 2.01. The maximum Gasteiger partial charge on any atom is 0.0254 e. The van der Waals surface area contributed by atoms with Gasteiger partial charge in [-0.05, 0) is 17.7 Å². The van der Waals surface area contributed by atoms with Gasteiger partial charge in [0.05, 0.1) is 0 Å². The molecule has 0 aliphatic carbocycles. The zero-order chi connectivity index (χ0) is 9.26. The van der Waals surface area contributed by atoms with Crippen LogP contribution in [0.15, 0.2) is 47.2 Å². The molecular formula is C11H10BrN. The van der Waals surface area contributed by atoms with E-state index in [1.807, 2.05) is 19.2 Å². The predicted octanol–water partition coefficient (Wildman–Crippen LogP) is 3.45. The molecule has 0 atom stereocenters. The summed E-state index contributed by atoms with van der Waals surface area (Å²) in [5.74, 6) is 0. The van der Waals surface area contributed by atoms with Crippen LogP contribution in [-0.4, -0.2) is 4.57 Å². The smallest absolute Gasteiger partial charge is 0.0254 e. The first-order valence-electron chi connectivity index (χ1n) is 4.14. The van der Waals surface area contributed by atoms with Crippen LogP contribution in [0.2, 0.25) is 0 Å². The molecule has 1 aromatic carbocycles. The molecule has 2 rings (SSSR count). The van der Waals surface area contributed by atoms with E-state index < -0.39 is 0 Å². The van der Waals surface area contributed by atoms with Crippen LogP contribution in [0, 0.1) is 0 Å². The van der Waals surface area contributed by atoms with Crippen LogP contribution in [0.25, 0.3) is 11.1 Å². The molecule has 0 saturated carbocycles. The van der Waals surface area contributed by atoms with Gasteiger partial charge in [-0.2, -0.15) is 0 Å². The zero-order valence-electron chi connectivity index (χ0n) is 7.37. The van der Waals surface area contributed by atoms with Gasteiger partial charge in [-0.1, -0.05) is 34.1 Å². The van der Waals surface area contributed by atoms with Gasteiger partial charge in [0.25, 0.3) is 0 Å². The monoisotopic (exact) mass is 235 g/mol. The molecule has 0 spiro atoms. The van der Waals surface area contributed by atoms with E-state index in [1.54, 1.807) is 0 Å². The second kappa shape index (κ2) is 3.38. The highest BCUT2D eigenvalue weighted by molar-refractivity contribution is 9.10. The first-order valence-corrected chi connectivity index (χ1v) is 4.93. The Morgan fingerprint density at radius 2 is 1.92 bits per heavy atom. The standard InChI is InChI=1S/C11H10BrN/c1-13-7-6-9(8-13)10-4-2-3-5-11(10)12/h2-8H,1H3. The van der Waals surface area contributed by atoms with E-state index >= 15 is 0 Å². The predicted molar refractivity (Wildman–Crippen MR) is 58.5 cm³/mol. The number of rotatable bonds is 1. The minimum atomic E-state index is 1.14. The van der Waals surface area contributed by atoms with E-state index in [2.05, 4.69) is 51.1 Å². The average molecular weight is 236 g/mol. The summed E-state index contributed by atoms with van der Waals surface area (Å²) < 4.78 is 3.19. The van der Waals surface area contributed by atoms with Crippen LogP contribution < -0.4 is 0 Å². The summed E-state index contributed by atoms with van der Waals surface area (Å²) in [6, 6.07) is 10.4. The van der Waals surface area contributed by atoms with E-state index in [1.165, 1.54) is 11.1 Å². The van der Waals surface area contributed by atoms with E-state index in [9.17, 15) is 0 Å². The molecule has 0 aliphatic heterocycles. The lowest BCUT2D eigenvalue weighted by molar-refractivity contribution is 0.928. The van der Waals surface area contributed by atoms with Crippen LogP contribution in [0.4, 0.5) is 0 Å². The van der Waals surface area contributed by atoms with Crippen molar-refractivity contribution in [1.82, 2.24) is 4.57 Å². The Morgan fingerprint density at radius 3 is 2.54 bits per heavy atom. The minimum Gasteiger partial charge on any atom is -0.357 e. The molecule has 0 saturated heterocycles. The molecule has 0 aliphatic rings. The third kappa shape index (κ3) is 1.68. The summed E-state index contributed by atoms with van der Waals surface area (Å²) in [5.41, 5.74) is 2.48. The first-order chi connectivity index (χ1) is 6.27. The number of benzene rings is 1. The van der Waals surface area contributed by atoms with E-state index in [4.69, 9.17) is 0 Å². The zero-order valence-corrected chi connectivity index (χ0v) is 8.95. The molecule has 0 N–H and O–H groups in total. The van der Waals surface area contributed by atoms with Crippen molar-refractivity contribution in [2.75, 3.05) is 0 Å². The van der Waals surface area contributed by atoms with Crippen LogP contribution in [0.5, 0.6) is 0 Å². The summed E-state index contributed by atoms with van der Waals surface area (Å²) in [6.45, 7) is 0. The first kappa shape index (κ1) is 8.57. The Morgan fingerprint density at radius 1 is 1.15 bits per heavy atom. The molecule has 1 heterocycles. The fourth-order valence-electron chi connectivity index (χ4n) is 1.36. The molecule has 0 amide bonds. The summed E-state index contributed by atoms with van der Waals surface area (Å²) in [5, 5.41) is 0. The molecule has 1 nitrogen and oxygen atoms in total. The van der Waals surface area contributed by atoms with Gasteiger partial charge in [-0.15, -0.1) is 0 Å². The van der Waals surface area contributed by atoms with Gasteiger partial charge >= 0.3 is 0 Å². The second-order valence-corrected chi connectivity index (χ2v) is 3.90. The topological polar surface area (TPSA) is 4.93 Å². The van der Waals surface area contributed by atoms with E-state index in [0.717, 1.165) is 4.47 Å². The number of hydrogen-bond donors (Lipinski definition) is 0. The van der Waals surface area contributed by atoms with Gasteiger partial charge in [-0.3, -0.25) is 0 Å². The van der Waals surface area contributed by atoms with Crippen LogP contribution in [-0.2, 0) is 7.05 Å². The molecular weight excluding hydrogens is 226 g/mol. The van der Waals surface area contributed by atoms with Crippen molar-refractivity contribution < 1.29 is 0 Å². The van der Waals surface area contributed by atoms with Crippen LogP contribution >= 0.6 is 15.9 Å². The van der Waals surface area contributed by atoms with Crippen molar-refractivity contribution in [3.8, 4) is 11.1 Å². The van der Waals surface area contributed by atoms with Crippen molar-refractivity contribution in [2.45, 2.75) is 0 Å². The normalized spacial score (nSPS) is 10.3. The Kier molecular flexibility index (Phi) is 2.23. The van der Waals surface area contributed by atoms with E-state index in [-0.39, 0.29) is 0 Å². The van der Waals surface area contributed by atoms with Crippen LogP contribution in [0.3, 0.4) is 0 Å². The van der Waals surface area contributed by atoms with Crippen molar-refractivity contribution in [3.05, 3.63) is 47.2 Å². The summed E-state index contributed by atoms with van der Waals surface area (Å²) >= 11 is 3.53. The summed E-state index contributed by atoms with van der Waals surface area (Å²) in [6.07, 6.45) is 4.16. The lowest BCUT2D eigenvalue weighted by Gasteiger charge is -1.99.